The molecule has 0 bridgehead atoms. The van der Waals surface area contributed by atoms with Crippen molar-refractivity contribution in [2.75, 3.05) is 13.1 Å². The Hall–Kier alpha value is -1.52. The zero-order valence-electron chi connectivity index (χ0n) is 9.83. The minimum Gasteiger partial charge on any atom is -0.357 e. The molecule has 1 aromatic carbocycles. The van der Waals surface area contributed by atoms with E-state index in [4.69, 9.17) is 0 Å². The van der Waals surface area contributed by atoms with E-state index in [2.05, 4.69) is 4.99 Å². The smallest absolute Gasteiger partial charge is 0.357 e. The number of nitrogens with zero attached hydrogens (tertiary/aromatic N) is 2. The van der Waals surface area contributed by atoms with Gasteiger partial charge in [-0.3, -0.25) is 0 Å². The van der Waals surface area contributed by atoms with Crippen molar-refractivity contribution >= 4 is 5.84 Å². The Morgan fingerprint density at radius 1 is 1.12 bits per heavy atom. The van der Waals surface area contributed by atoms with E-state index in [0.717, 1.165) is 0 Å². The maximum Gasteiger partial charge on any atom is 0.505 e. The lowest BCUT2D eigenvalue weighted by molar-refractivity contribution is -0.120. The summed E-state index contributed by atoms with van der Waals surface area (Å²) in [4.78, 5) is 4.45. The molecular formula is C12H15F3N2. The van der Waals surface area contributed by atoms with Crippen molar-refractivity contribution in [3.8, 4) is 0 Å². The first-order valence-electron chi connectivity index (χ1n) is 5.45. The number of alkyl halides is 3. The van der Waals surface area contributed by atoms with Crippen LogP contribution in [0.3, 0.4) is 0 Å². The highest BCUT2D eigenvalue weighted by atomic mass is 19.4. The van der Waals surface area contributed by atoms with Crippen LogP contribution in [0.15, 0.2) is 35.3 Å². The second-order valence-corrected chi connectivity index (χ2v) is 3.44. The van der Waals surface area contributed by atoms with E-state index in [0.29, 0.717) is 18.7 Å². The van der Waals surface area contributed by atoms with Gasteiger partial charge < -0.3 is 4.90 Å². The Morgan fingerprint density at radius 3 is 2.06 bits per heavy atom. The van der Waals surface area contributed by atoms with Gasteiger partial charge in [0, 0.05) is 18.7 Å². The van der Waals surface area contributed by atoms with E-state index in [-0.39, 0.29) is 5.84 Å². The average Bonchev–Trinajstić information content (AvgIpc) is 2.29. The average molecular weight is 244 g/mol. The molecule has 0 aliphatic rings. The van der Waals surface area contributed by atoms with Crippen molar-refractivity contribution in [3.63, 3.8) is 0 Å². The molecule has 5 heteroatoms. The molecule has 0 unspecified atom stereocenters. The van der Waals surface area contributed by atoms with Crippen molar-refractivity contribution in [2.24, 2.45) is 4.99 Å². The lowest BCUT2D eigenvalue weighted by Gasteiger charge is -2.23. The molecular weight excluding hydrogens is 229 g/mol. The molecule has 0 atom stereocenters. The molecule has 94 valence electrons. The molecule has 17 heavy (non-hydrogen) atoms. The quantitative estimate of drug-likeness (QED) is 0.452. The third kappa shape index (κ3) is 4.09. The number of amidine groups is 1. The SMILES string of the molecule is CCN(CC)C(=NC(F)(F)F)c1ccccc1. The first kappa shape index (κ1) is 13.5. The first-order chi connectivity index (χ1) is 7.98. The third-order valence-corrected chi connectivity index (χ3v) is 2.33. The summed E-state index contributed by atoms with van der Waals surface area (Å²) < 4.78 is 37.2. The molecule has 0 aliphatic carbocycles. The van der Waals surface area contributed by atoms with Crippen molar-refractivity contribution in [2.45, 2.75) is 20.1 Å². The maximum atomic E-state index is 12.4. The normalized spacial score (nSPS) is 12.6. The van der Waals surface area contributed by atoms with Gasteiger partial charge in [0.25, 0.3) is 0 Å². The molecule has 0 radical (unpaired) electrons. The summed E-state index contributed by atoms with van der Waals surface area (Å²) in [6.45, 7) is 4.58. The Bertz CT molecular complexity index is 367. The highest BCUT2D eigenvalue weighted by Crippen LogP contribution is 2.19. The number of halogens is 3. The van der Waals surface area contributed by atoms with Crippen molar-refractivity contribution in [1.82, 2.24) is 4.90 Å². The number of hydrogen-bond acceptors (Lipinski definition) is 1. The molecule has 0 saturated heterocycles. The Morgan fingerprint density at radius 2 is 1.65 bits per heavy atom. The van der Waals surface area contributed by atoms with Gasteiger partial charge in [-0.25, -0.2) is 0 Å². The largest absolute Gasteiger partial charge is 0.505 e. The minimum absolute atomic E-state index is 0.0249. The molecule has 0 fully saturated rings. The molecule has 0 aliphatic heterocycles. The summed E-state index contributed by atoms with van der Waals surface area (Å²) in [6.07, 6.45) is -4.55. The Kier molecular flexibility index (Phi) is 4.54. The summed E-state index contributed by atoms with van der Waals surface area (Å²) in [5.41, 5.74) is 0.480. The lowest BCUT2D eigenvalue weighted by atomic mass is 10.2. The van der Waals surface area contributed by atoms with E-state index in [1.165, 1.54) is 0 Å². The van der Waals surface area contributed by atoms with Gasteiger partial charge in [-0.1, -0.05) is 30.3 Å². The molecule has 1 aromatic rings. The summed E-state index contributed by atoms with van der Waals surface area (Å²) in [5.74, 6) is -0.0249. The van der Waals surface area contributed by atoms with Crippen LogP contribution < -0.4 is 0 Å². The van der Waals surface area contributed by atoms with Gasteiger partial charge >= 0.3 is 6.30 Å². The van der Waals surface area contributed by atoms with Crippen molar-refractivity contribution in [3.05, 3.63) is 35.9 Å². The van der Waals surface area contributed by atoms with Crippen LogP contribution in [-0.4, -0.2) is 30.1 Å². The standard InChI is InChI=1S/C12H15F3N2/c1-3-17(4-2)11(16-12(13,14)15)10-8-6-5-7-9-10/h5-9H,3-4H2,1-2H3. The van der Waals surface area contributed by atoms with Gasteiger partial charge in [-0.2, -0.15) is 4.99 Å². The molecule has 0 heterocycles. The zero-order valence-corrected chi connectivity index (χ0v) is 9.83. The van der Waals surface area contributed by atoms with Crippen LogP contribution in [0.5, 0.6) is 0 Å². The molecule has 0 aromatic heterocycles. The topological polar surface area (TPSA) is 15.6 Å². The number of aliphatic imine (C=N–C) groups is 1. The fraction of sp³-hybridized carbons (Fsp3) is 0.417. The Labute approximate surface area is 98.8 Å². The van der Waals surface area contributed by atoms with Gasteiger partial charge in [-0.05, 0) is 13.8 Å². The molecule has 0 spiro atoms. The van der Waals surface area contributed by atoms with Gasteiger partial charge in [-0.15, -0.1) is 13.2 Å². The molecule has 2 nitrogen and oxygen atoms in total. The van der Waals surface area contributed by atoms with E-state index >= 15 is 0 Å². The second-order valence-electron chi connectivity index (χ2n) is 3.44. The summed E-state index contributed by atoms with van der Waals surface area (Å²) >= 11 is 0. The second kappa shape index (κ2) is 5.70. The summed E-state index contributed by atoms with van der Waals surface area (Å²) in [7, 11) is 0. The highest BCUT2D eigenvalue weighted by Gasteiger charge is 2.28. The van der Waals surface area contributed by atoms with Crippen molar-refractivity contribution < 1.29 is 13.2 Å². The minimum atomic E-state index is -4.55. The van der Waals surface area contributed by atoms with Crippen LogP contribution in [-0.2, 0) is 0 Å². The molecule has 1 rings (SSSR count). The molecule has 0 N–H and O–H groups in total. The third-order valence-electron chi connectivity index (χ3n) is 2.33. The number of benzene rings is 1. The van der Waals surface area contributed by atoms with E-state index < -0.39 is 6.30 Å². The van der Waals surface area contributed by atoms with Gasteiger partial charge in [0.15, 0.2) is 0 Å². The van der Waals surface area contributed by atoms with Crippen LogP contribution in [0, 0.1) is 0 Å². The van der Waals surface area contributed by atoms with Crippen LogP contribution >= 0.6 is 0 Å². The van der Waals surface area contributed by atoms with E-state index in [1.807, 2.05) is 0 Å². The zero-order chi connectivity index (χ0) is 12.9. The van der Waals surface area contributed by atoms with Gasteiger partial charge in [0.05, 0.1) is 0 Å². The maximum absolute atomic E-state index is 12.4. The molecule has 0 amide bonds. The lowest BCUT2D eigenvalue weighted by Crippen LogP contribution is -2.33. The monoisotopic (exact) mass is 244 g/mol. The predicted molar refractivity (Wildman–Crippen MR) is 62.0 cm³/mol. The van der Waals surface area contributed by atoms with Crippen LogP contribution in [0.2, 0.25) is 0 Å². The summed E-state index contributed by atoms with van der Waals surface area (Å²) in [5, 5.41) is 0. The first-order valence-corrected chi connectivity index (χ1v) is 5.45. The van der Waals surface area contributed by atoms with Crippen LogP contribution in [0.4, 0.5) is 13.2 Å². The summed E-state index contributed by atoms with van der Waals surface area (Å²) in [6, 6.07) is 8.41. The highest BCUT2D eigenvalue weighted by molar-refractivity contribution is 5.98. The number of hydrogen-bond donors (Lipinski definition) is 0. The van der Waals surface area contributed by atoms with E-state index in [9.17, 15) is 13.2 Å². The van der Waals surface area contributed by atoms with Crippen LogP contribution in [0.1, 0.15) is 19.4 Å². The fourth-order valence-corrected chi connectivity index (χ4v) is 1.55. The van der Waals surface area contributed by atoms with Gasteiger partial charge in [0.2, 0.25) is 0 Å². The fourth-order valence-electron chi connectivity index (χ4n) is 1.55. The molecule has 0 saturated carbocycles. The number of rotatable bonds is 3. The van der Waals surface area contributed by atoms with Crippen molar-refractivity contribution in [1.29, 1.82) is 0 Å². The predicted octanol–water partition coefficient (Wildman–Crippen LogP) is 3.29. The van der Waals surface area contributed by atoms with E-state index in [1.54, 1.807) is 49.1 Å². The Balaban J connectivity index is 3.16. The van der Waals surface area contributed by atoms with Gasteiger partial charge in [0.1, 0.15) is 5.84 Å². The van der Waals surface area contributed by atoms with Crippen LogP contribution in [0.25, 0.3) is 0 Å².